The molecule has 0 radical (unpaired) electrons. The van der Waals surface area contributed by atoms with Crippen LogP contribution in [0.5, 0.6) is 11.5 Å². The minimum Gasteiger partial charge on any atom is -0.486 e. The molecule has 0 bridgehead atoms. The molecular weight excluding hydrogens is 380 g/mol. The molecule has 6 nitrogen and oxygen atoms in total. The fourth-order valence-corrected chi connectivity index (χ4v) is 3.31. The summed E-state index contributed by atoms with van der Waals surface area (Å²) in [6.07, 6.45) is 2.54. The van der Waals surface area contributed by atoms with E-state index in [4.69, 9.17) is 21.1 Å². The second-order valence-corrected chi connectivity index (χ2v) is 7.36. The Kier molecular flexibility index (Phi) is 5.39. The van der Waals surface area contributed by atoms with Gasteiger partial charge in [0.2, 0.25) is 5.91 Å². The van der Waals surface area contributed by atoms with Crippen LogP contribution in [0.25, 0.3) is 0 Å². The lowest BCUT2D eigenvalue weighted by Crippen LogP contribution is -2.25. The maximum absolute atomic E-state index is 12.3. The minimum absolute atomic E-state index is 0.0512. The molecule has 0 unspecified atom stereocenters. The summed E-state index contributed by atoms with van der Waals surface area (Å²) >= 11 is 6.24. The molecule has 28 heavy (non-hydrogen) atoms. The molecule has 2 aliphatic rings. The molecule has 1 fully saturated rings. The third kappa shape index (κ3) is 4.39. The molecule has 1 aliphatic carbocycles. The van der Waals surface area contributed by atoms with Crippen LogP contribution < -0.4 is 20.1 Å². The molecule has 146 valence electrons. The lowest BCUT2D eigenvalue weighted by molar-refractivity contribution is -0.117. The van der Waals surface area contributed by atoms with E-state index in [0.717, 1.165) is 18.4 Å². The number of carbonyl (C=O) groups is 2. The number of carbonyl (C=O) groups excluding carboxylic acids is 2. The Labute approximate surface area is 168 Å². The first-order chi connectivity index (χ1) is 13.6. The molecule has 1 aliphatic heterocycles. The third-order valence-electron chi connectivity index (χ3n) is 4.72. The number of fused-ring (bicyclic) bond motifs is 1. The Hall–Kier alpha value is -2.73. The SMILES string of the molecule is O=C(NCCc1cc(Cl)c2c(c1)OCCO2)c1ccc(NC(=O)C2CC2)cc1. The number of amides is 2. The van der Waals surface area contributed by atoms with Crippen LogP contribution in [0.2, 0.25) is 5.02 Å². The molecule has 2 N–H and O–H groups in total. The number of hydrogen-bond donors (Lipinski definition) is 2. The summed E-state index contributed by atoms with van der Waals surface area (Å²) in [5.41, 5.74) is 2.22. The highest BCUT2D eigenvalue weighted by Crippen LogP contribution is 2.38. The van der Waals surface area contributed by atoms with Gasteiger partial charge < -0.3 is 20.1 Å². The largest absolute Gasteiger partial charge is 0.486 e. The Morgan fingerprint density at radius 2 is 1.82 bits per heavy atom. The van der Waals surface area contributed by atoms with Gasteiger partial charge in [0, 0.05) is 23.7 Å². The second-order valence-electron chi connectivity index (χ2n) is 6.95. The normalized spacial score (nSPS) is 15.0. The van der Waals surface area contributed by atoms with Gasteiger partial charge in [-0.25, -0.2) is 0 Å². The van der Waals surface area contributed by atoms with Gasteiger partial charge in [-0.05, 0) is 61.2 Å². The average Bonchev–Trinajstić information content (AvgIpc) is 3.54. The molecular formula is C21H21ClN2O4. The number of rotatable bonds is 6. The zero-order valence-electron chi connectivity index (χ0n) is 15.3. The van der Waals surface area contributed by atoms with Crippen LogP contribution >= 0.6 is 11.6 Å². The molecule has 2 aromatic carbocycles. The van der Waals surface area contributed by atoms with Crippen LogP contribution in [0.15, 0.2) is 36.4 Å². The zero-order chi connectivity index (χ0) is 19.5. The zero-order valence-corrected chi connectivity index (χ0v) is 16.1. The summed E-state index contributed by atoms with van der Waals surface area (Å²) in [4.78, 5) is 24.1. The Morgan fingerprint density at radius 3 is 2.57 bits per heavy atom. The molecule has 0 saturated heterocycles. The molecule has 1 saturated carbocycles. The first-order valence-electron chi connectivity index (χ1n) is 9.37. The van der Waals surface area contributed by atoms with Crippen molar-refractivity contribution in [2.24, 2.45) is 5.92 Å². The summed E-state index contributed by atoms with van der Waals surface area (Å²) < 4.78 is 11.1. The van der Waals surface area contributed by atoms with Crippen molar-refractivity contribution in [1.82, 2.24) is 5.32 Å². The molecule has 1 heterocycles. The standard InChI is InChI=1S/C21H21ClN2O4/c22-17-11-13(12-18-19(17)28-10-9-27-18)7-8-23-20(25)14-3-5-16(6-4-14)24-21(26)15-1-2-15/h3-6,11-12,15H,1-2,7-10H2,(H,23,25)(H,24,26). The lowest BCUT2D eigenvalue weighted by atomic mass is 10.1. The van der Waals surface area contributed by atoms with E-state index in [1.54, 1.807) is 24.3 Å². The maximum atomic E-state index is 12.3. The van der Waals surface area contributed by atoms with Gasteiger partial charge in [0.05, 0.1) is 5.02 Å². The van der Waals surface area contributed by atoms with Gasteiger partial charge in [0.25, 0.3) is 5.91 Å². The van der Waals surface area contributed by atoms with E-state index in [2.05, 4.69) is 10.6 Å². The Morgan fingerprint density at radius 1 is 1.07 bits per heavy atom. The van der Waals surface area contributed by atoms with E-state index >= 15 is 0 Å². The number of ether oxygens (including phenoxy) is 2. The van der Waals surface area contributed by atoms with Crippen LogP contribution in [-0.4, -0.2) is 31.6 Å². The van der Waals surface area contributed by atoms with Crippen molar-refractivity contribution < 1.29 is 19.1 Å². The van der Waals surface area contributed by atoms with E-state index < -0.39 is 0 Å². The number of benzene rings is 2. The van der Waals surface area contributed by atoms with E-state index in [-0.39, 0.29) is 17.7 Å². The van der Waals surface area contributed by atoms with Crippen LogP contribution in [-0.2, 0) is 11.2 Å². The topological polar surface area (TPSA) is 76.7 Å². The molecule has 7 heteroatoms. The summed E-state index contributed by atoms with van der Waals surface area (Å²) in [5.74, 6) is 1.26. The summed E-state index contributed by atoms with van der Waals surface area (Å²) in [5, 5.41) is 6.27. The highest BCUT2D eigenvalue weighted by molar-refractivity contribution is 6.32. The number of hydrogen-bond acceptors (Lipinski definition) is 4. The molecule has 4 rings (SSSR count). The number of halogens is 1. The van der Waals surface area contributed by atoms with E-state index in [0.29, 0.717) is 54.0 Å². The Bertz CT molecular complexity index is 894. The number of anilines is 1. The second kappa shape index (κ2) is 8.10. The maximum Gasteiger partial charge on any atom is 0.251 e. The first-order valence-corrected chi connectivity index (χ1v) is 9.75. The van der Waals surface area contributed by atoms with Gasteiger partial charge in [-0.15, -0.1) is 0 Å². The van der Waals surface area contributed by atoms with Crippen molar-refractivity contribution in [3.8, 4) is 11.5 Å². The van der Waals surface area contributed by atoms with Gasteiger partial charge in [0.15, 0.2) is 11.5 Å². The van der Waals surface area contributed by atoms with Crippen molar-refractivity contribution in [2.45, 2.75) is 19.3 Å². The molecule has 0 spiro atoms. The Balaban J connectivity index is 1.29. The van der Waals surface area contributed by atoms with Crippen LogP contribution in [0, 0.1) is 5.92 Å². The molecule has 0 atom stereocenters. The van der Waals surface area contributed by atoms with Gasteiger partial charge in [-0.2, -0.15) is 0 Å². The van der Waals surface area contributed by atoms with Gasteiger partial charge in [0.1, 0.15) is 13.2 Å². The molecule has 0 aromatic heterocycles. The van der Waals surface area contributed by atoms with Crippen molar-refractivity contribution in [3.05, 3.63) is 52.5 Å². The van der Waals surface area contributed by atoms with Crippen LogP contribution in [0.3, 0.4) is 0 Å². The first kappa shape index (κ1) is 18.6. The van der Waals surface area contributed by atoms with Crippen LogP contribution in [0.4, 0.5) is 5.69 Å². The third-order valence-corrected chi connectivity index (χ3v) is 5.00. The monoisotopic (exact) mass is 400 g/mol. The van der Waals surface area contributed by atoms with Gasteiger partial charge in [-0.3, -0.25) is 9.59 Å². The predicted octanol–water partition coefficient (Wildman–Crippen LogP) is 3.43. The summed E-state index contributed by atoms with van der Waals surface area (Å²) in [6, 6.07) is 10.6. The van der Waals surface area contributed by atoms with Crippen LogP contribution in [0.1, 0.15) is 28.8 Å². The molecule has 2 amide bonds. The highest BCUT2D eigenvalue weighted by Gasteiger charge is 2.29. The fraction of sp³-hybridized carbons (Fsp3) is 0.333. The summed E-state index contributed by atoms with van der Waals surface area (Å²) in [6.45, 7) is 1.46. The smallest absolute Gasteiger partial charge is 0.251 e. The number of nitrogens with one attached hydrogen (secondary N) is 2. The van der Waals surface area contributed by atoms with E-state index in [9.17, 15) is 9.59 Å². The minimum atomic E-state index is -0.163. The van der Waals surface area contributed by atoms with E-state index in [1.165, 1.54) is 0 Å². The average molecular weight is 401 g/mol. The van der Waals surface area contributed by atoms with Crippen molar-refractivity contribution in [3.63, 3.8) is 0 Å². The molecule has 2 aromatic rings. The highest BCUT2D eigenvalue weighted by atomic mass is 35.5. The van der Waals surface area contributed by atoms with Crippen molar-refractivity contribution in [2.75, 3.05) is 25.1 Å². The van der Waals surface area contributed by atoms with E-state index in [1.807, 2.05) is 12.1 Å². The fourth-order valence-electron chi connectivity index (χ4n) is 3.03. The van der Waals surface area contributed by atoms with Crippen molar-refractivity contribution >= 4 is 29.1 Å². The van der Waals surface area contributed by atoms with Gasteiger partial charge >= 0.3 is 0 Å². The summed E-state index contributed by atoms with van der Waals surface area (Å²) in [7, 11) is 0. The lowest BCUT2D eigenvalue weighted by Gasteiger charge is -2.20. The van der Waals surface area contributed by atoms with Gasteiger partial charge in [-0.1, -0.05) is 11.6 Å². The predicted molar refractivity (Wildman–Crippen MR) is 106 cm³/mol. The quantitative estimate of drug-likeness (QED) is 0.778. The van der Waals surface area contributed by atoms with Crippen molar-refractivity contribution in [1.29, 1.82) is 0 Å².